The van der Waals surface area contributed by atoms with Gasteiger partial charge >= 0.3 is 0 Å². The second-order valence-corrected chi connectivity index (χ2v) is 5.50. The van der Waals surface area contributed by atoms with Gasteiger partial charge in [-0.05, 0) is 12.7 Å². The molecule has 1 aromatic heterocycles. The predicted molar refractivity (Wildman–Crippen MR) is 77.1 cm³/mol. The number of halogens is 1. The number of carbonyl (C=O) groups is 3. The van der Waals surface area contributed by atoms with E-state index < -0.39 is 23.8 Å². The number of imide groups is 1. The normalized spacial score (nSPS) is 18.6. The minimum atomic E-state index is -0.709. The zero-order valence-electron chi connectivity index (χ0n) is 11.4. The summed E-state index contributed by atoms with van der Waals surface area (Å²) in [4.78, 5) is 45.1. The minimum Gasteiger partial charge on any atom is -0.316 e. The second kappa shape index (κ2) is 6.40. The molecule has 7 nitrogen and oxygen atoms in total. The van der Waals surface area contributed by atoms with E-state index >= 15 is 0 Å². The molecule has 0 aliphatic carbocycles. The van der Waals surface area contributed by atoms with E-state index in [0.717, 1.165) is 0 Å². The molecule has 1 aromatic rings. The highest BCUT2D eigenvalue weighted by molar-refractivity contribution is 7.98. The Kier molecular flexibility index (Phi) is 4.79. The van der Waals surface area contributed by atoms with Crippen LogP contribution in [0.2, 0.25) is 5.02 Å². The Hall–Kier alpha value is -1.67. The topological polar surface area (TPSA) is 92.3 Å². The Bertz CT molecular complexity index is 610. The maximum absolute atomic E-state index is 12.6. The number of nitrogens with one attached hydrogen (secondary N) is 1. The zero-order valence-corrected chi connectivity index (χ0v) is 13.0. The van der Waals surface area contributed by atoms with Gasteiger partial charge in [0.1, 0.15) is 12.6 Å². The first-order valence-corrected chi connectivity index (χ1v) is 7.79. The fourth-order valence-electron chi connectivity index (χ4n) is 2.02. The van der Waals surface area contributed by atoms with Crippen molar-refractivity contribution in [1.82, 2.24) is 20.2 Å². The van der Waals surface area contributed by atoms with Crippen molar-refractivity contribution in [3.05, 3.63) is 16.9 Å². The van der Waals surface area contributed by atoms with Crippen LogP contribution in [-0.4, -0.2) is 51.4 Å². The molecule has 0 saturated carbocycles. The third-order valence-electron chi connectivity index (χ3n) is 3.01. The first-order chi connectivity index (χ1) is 9.97. The van der Waals surface area contributed by atoms with Gasteiger partial charge in [-0.3, -0.25) is 19.7 Å². The average Bonchev–Trinajstić information content (AvgIpc) is 2.46. The molecule has 2 heterocycles. The number of amides is 3. The predicted octanol–water partition coefficient (Wildman–Crippen LogP) is 0.729. The van der Waals surface area contributed by atoms with Crippen LogP contribution in [0.4, 0.5) is 0 Å². The van der Waals surface area contributed by atoms with Crippen LogP contribution in [-0.2, 0) is 9.59 Å². The summed E-state index contributed by atoms with van der Waals surface area (Å²) >= 11 is 7.23. The van der Waals surface area contributed by atoms with E-state index in [1.165, 1.54) is 22.9 Å². The summed E-state index contributed by atoms with van der Waals surface area (Å²) < 4.78 is 0. The van der Waals surface area contributed by atoms with Gasteiger partial charge in [-0.25, -0.2) is 9.97 Å². The number of aromatic nitrogens is 2. The average molecular weight is 329 g/mol. The highest BCUT2D eigenvalue weighted by Gasteiger charge is 2.37. The highest BCUT2D eigenvalue weighted by atomic mass is 35.5. The fraction of sp³-hybridized carbons (Fsp3) is 0.417. The van der Waals surface area contributed by atoms with E-state index in [2.05, 4.69) is 15.3 Å². The summed E-state index contributed by atoms with van der Waals surface area (Å²) in [6, 6.07) is -0.709. The van der Waals surface area contributed by atoms with Gasteiger partial charge < -0.3 is 4.90 Å². The Morgan fingerprint density at radius 3 is 2.90 bits per heavy atom. The second-order valence-electron chi connectivity index (χ2n) is 4.32. The summed E-state index contributed by atoms with van der Waals surface area (Å²) in [6.07, 6.45) is 3.49. The summed E-state index contributed by atoms with van der Waals surface area (Å²) in [5.74, 6) is -1.56. The number of hydrogen-bond donors (Lipinski definition) is 1. The lowest BCUT2D eigenvalue weighted by Crippen LogP contribution is -2.59. The van der Waals surface area contributed by atoms with E-state index in [9.17, 15) is 14.4 Å². The molecule has 112 valence electrons. The lowest BCUT2D eigenvalue weighted by Gasteiger charge is -2.33. The van der Waals surface area contributed by atoms with Crippen molar-refractivity contribution in [2.24, 2.45) is 0 Å². The Labute approximate surface area is 130 Å². The molecule has 1 unspecified atom stereocenters. The molecule has 0 spiro atoms. The lowest BCUT2D eigenvalue weighted by atomic mass is 10.1. The van der Waals surface area contributed by atoms with Crippen molar-refractivity contribution in [1.29, 1.82) is 0 Å². The van der Waals surface area contributed by atoms with Crippen LogP contribution in [0.25, 0.3) is 0 Å². The van der Waals surface area contributed by atoms with Gasteiger partial charge in [-0.15, -0.1) is 0 Å². The molecular formula is C12H13ClN4O3S. The van der Waals surface area contributed by atoms with Gasteiger partial charge in [-0.1, -0.05) is 30.3 Å². The molecule has 1 aliphatic heterocycles. The van der Waals surface area contributed by atoms with Gasteiger partial charge in [0.15, 0.2) is 10.9 Å². The van der Waals surface area contributed by atoms with Gasteiger partial charge in [0.2, 0.25) is 11.8 Å². The Balaban J connectivity index is 2.37. The van der Waals surface area contributed by atoms with Gasteiger partial charge in [-0.2, -0.15) is 0 Å². The van der Waals surface area contributed by atoms with Crippen molar-refractivity contribution in [3.63, 3.8) is 0 Å². The molecule has 1 fully saturated rings. The quantitative estimate of drug-likeness (QED) is 0.499. The van der Waals surface area contributed by atoms with Crippen LogP contribution in [0, 0.1) is 0 Å². The minimum absolute atomic E-state index is 0.00281. The zero-order chi connectivity index (χ0) is 15.6. The summed E-state index contributed by atoms with van der Waals surface area (Å²) in [5, 5.41) is 2.69. The number of piperazine rings is 1. The molecule has 3 amide bonds. The molecule has 0 bridgehead atoms. The number of thioether (sulfide) groups is 1. The maximum atomic E-state index is 12.6. The number of nitrogens with zero attached hydrogens (tertiary/aromatic N) is 3. The van der Waals surface area contributed by atoms with Crippen LogP contribution in [0.3, 0.4) is 0 Å². The van der Waals surface area contributed by atoms with Gasteiger partial charge in [0.25, 0.3) is 5.91 Å². The van der Waals surface area contributed by atoms with Gasteiger partial charge in [0, 0.05) is 0 Å². The summed E-state index contributed by atoms with van der Waals surface area (Å²) in [6.45, 7) is 1.56. The van der Waals surface area contributed by atoms with Crippen LogP contribution in [0.1, 0.15) is 23.8 Å². The third-order valence-corrected chi connectivity index (χ3v) is 3.85. The van der Waals surface area contributed by atoms with Crippen LogP contribution in [0.5, 0.6) is 0 Å². The van der Waals surface area contributed by atoms with E-state index in [4.69, 9.17) is 11.6 Å². The number of rotatable bonds is 3. The molecule has 1 atom stereocenters. The van der Waals surface area contributed by atoms with Gasteiger partial charge in [0.05, 0.1) is 11.2 Å². The van der Waals surface area contributed by atoms with E-state index in [1.54, 1.807) is 13.2 Å². The smallest absolute Gasteiger partial charge is 0.275 e. The van der Waals surface area contributed by atoms with Crippen molar-refractivity contribution >= 4 is 41.1 Å². The highest BCUT2D eigenvalue weighted by Crippen LogP contribution is 2.20. The molecule has 1 aliphatic rings. The standard InChI is InChI=1S/C12H13ClN4O3S/c1-3-7-10(19)15-8(18)5-17(7)11(20)9-6(13)4-14-12(16-9)21-2/h4,7H,3,5H2,1-2H3,(H,15,18,19). The number of hydrogen-bond acceptors (Lipinski definition) is 6. The fourth-order valence-corrected chi connectivity index (χ4v) is 2.53. The molecule has 9 heteroatoms. The number of carbonyl (C=O) groups excluding carboxylic acids is 3. The Morgan fingerprint density at radius 1 is 1.57 bits per heavy atom. The summed E-state index contributed by atoms with van der Waals surface area (Å²) in [7, 11) is 0. The van der Waals surface area contributed by atoms with Crippen LogP contribution in [0.15, 0.2) is 11.4 Å². The first kappa shape index (κ1) is 15.7. The monoisotopic (exact) mass is 328 g/mol. The first-order valence-electron chi connectivity index (χ1n) is 6.19. The maximum Gasteiger partial charge on any atom is 0.275 e. The van der Waals surface area contributed by atoms with Crippen molar-refractivity contribution < 1.29 is 14.4 Å². The van der Waals surface area contributed by atoms with Crippen molar-refractivity contribution in [2.45, 2.75) is 24.5 Å². The van der Waals surface area contributed by atoms with Crippen LogP contribution >= 0.6 is 23.4 Å². The molecule has 0 aromatic carbocycles. The van der Waals surface area contributed by atoms with Crippen molar-refractivity contribution in [2.75, 3.05) is 12.8 Å². The molecule has 2 rings (SSSR count). The lowest BCUT2D eigenvalue weighted by molar-refractivity contribution is -0.138. The van der Waals surface area contributed by atoms with E-state index in [0.29, 0.717) is 11.6 Å². The largest absolute Gasteiger partial charge is 0.316 e. The Morgan fingerprint density at radius 2 is 2.29 bits per heavy atom. The van der Waals surface area contributed by atoms with Crippen molar-refractivity contribution in [3.8, 4) is 0 Å². The van der Waals surface area contributed by atoms with E-state index in [-0.39, 0.29) is 17.3 Å². The molecular weight excluding hydrogens is 316 g/mol. The molecule has 1 N–H and O–H groups in total. The molecule has 0 radical (unpaired) electrons. The molecule has 1 saturated heterocycles. The SMILES string of the molecule is CCC1C(=O)NC(=O)CN1C(=O)c1nc(SC)ncc1Cl. The van der Waals surface area contributed by atoms with E-state index in [1.807, 2.05) is 0 Å². The third kappa shape index (κ3) is 3.16. The van der Waals surface area contributed by atoms with Crippen LogP contribution < -0.4 is 5.32 Å². The molecule has 21 heavy (non-hydrogen) atoms. The summed E-state index contributed by atoms with van der Waals surface area (Å²) in [5.41, 5.74) is -0.00281.